The van der Waals surface area contributed by atoms with Gasteiger partial charge in [0.25, 0.3) is 0 Å². The summed E-state index contributed by atoms with van der Waals surface area (Å²) in [5.41, 5.74) is 2.55. The smallest absolute Gasteiger partial charge is 0.0930 e. The van der Waals surface area contributed by atoms with Gasteiger partial charge in [0.2, 0.25) is 0 Å². The van der Waals surface area contributed by atoms with Gasteiger partial charge >= 0.3 is 0 Å². The number of rotatable bonds is 2. The Bertz CT molecular complexity index is 429. The van der Waals surface area contributed by atoms with Crippen LogP contribution in [-0.2, 0) is 0 Å². The minimum atomic E-state index is -0.521. The van der Waals surface area contributed by atoms with Gasteiger partial charge in [0.15, 0.2) is 0 Å². The predicted octanol–water partition coefficient (Wildman–Crippen LogP) is 2.92. The third-order valence-electron chi connectivity index (χ3n) is 6.18. The molecule has 0 aromatic heterocycles. The fourth-order valence-corrected chi connectivity index (χ4v) is 5.84. The van der Waals surface area contributed by atoms with E-state index < -0.39 is 5.60 Å². The van der Waals surface area contributed by atoms with E-state index in [1.165, 1.54) is 18.4 Å². The van der Waals surface area contributed by atoms with Crippen molar-refractivity contribution in [3.8, 4) is 0 Å². The Hall–Kier alpha value is -0.560. The summed E-state index contributed by atoms with van der Waals surface area (Å²) >= 11 is 0. The van der Waals surface area contributed by atoms with Gasteiger partial charge in [-0.25, -0.2) is 0 Å². The lowest BCUT2D eigenvalue weighted by Crippen LogP contribution is -2.43. The van der Waals surface area contributed by atoms with Gasteiger partial charge in [0.1, 0.15) is 0 Å². The molecule has 6 atom stereocenters. The molecule has 0 heterocycles. The maximum absolute atomic E-state index is 11.1. The molecule has 0 aromatic rings. The zero-order valence-corrected chi connectivity index (χ0v) is 10.2. The van der Waals surface area contributed by atoms with Crippen LogP contribution >= 0.6 is 0 Å². The first kappa shape index (κ1) is 9.47. The zero-order chi connectivity index (χ0) is 11.3. The Morgan fingerprint density at radius 2 is 2.19 bits per heavy atom. The first-order chi connectivity index (χ1) is 7.56. The second-order valence-corrected chi connectivity index (χ2v) is 6.59. The van der Waals surface area contributed by atoms with E-state index in [1.807, 2.05) is 6.92 Å². The molecule has 3 unspecified atom stereocenters. The SMILES string of the molecule is C=C(C)C[C@@]1(O)/C(=C/C)C2C[C@H]3C4C[C@@H]1C243. The van der Waals surface area contributed by atoms with Crippen molar-refractivity contribution in [1.29, 1.82) is 0 Å². The Morgan fingerprint density at radius 3 is 2.69 bits per heavy atom. The van der Waals surface area contributed by atoms with Crippen molar-refractivity contribution in [2.24, 2.45) is 29.1 Å². The highest BCUT2D eigenvalue weighted by atomic mass is 16.3. The number of hydrogen-bond acceptors (Lipinski definition) is 1. The van der Waals surface area contributed by atoms with Gasteiger partial charge in [-0.15, -0.1) is 6.58 Å². The molecule has 1 spiro atoms. The fourth-order valence-electron chi connectivity index (χ4n) is 5.84. The van der Waals surface area contributed by atoms with Crippen LogP contribution in [0.4, 0.5) is 0 Å². The molecule has 0 bridgehead atoms. The highest BCUT2D eigenvalue weighted by molar-refractivity contribution is 5.50. The topological polar surface area (TPSA) is 20.2 Å². The van der Waals surface area contributed by atoms with E-state index in [4.69, 9.17) is 0 Å². The molecule has 0 saturated heterocycles. The van der Waals surface area contributed by atoms with Crippen LogP contribution in [0.5, 0.6) is 0 Å². The van der Waals surface area contributed by atoms with Crippen molar-refractivity contribution in [2.75, 3.05) is 0 Å². The van der Waals surface area contributed by atoms with Gasteiger partial charge in [-0.2, -0.15) is 0 Å². The second-order valence-electron chi connectivity index (χ2n) is 6.59. The average Bonchev–Trinajstić information content (AvgIpc) is 2.42. The molecule has 4 aliphatic carbocycles. The van der Waals surface area contributed by atoms with Crippen LogP contribution in [0.25, 0.3) is 0 Å². The quantitative estimate of drug-likeness (QED) is 0.704. The lowest BCUT2D eigenvalue weighted by atomic mass is 9.63. The number of aliphatic hydroxyl groups is 1. The van der Waals surface area contributed by atoms with Gasteiger partial charge in [0, 0.05) is 6.42 Å². The molecule has 4 fully saturated rings. The summed E-state index contributed by atoms with van der Waals surface area (Å²) < 4.78 is 0. The maximum atomic E-state index is 11.1. The van der Waals surface area contributed by atoms with Crippen LogP contribution < -0.4 is 0 Å². The monoisotopic (exact) mass is 216 g/mol. The lowest BCUT2D eigenvalue weighted by molar-refractivity contribution is -0.0343. The zero-order valence-electron chi connectivity index (χ0n) is 10.2. The highest BCUT2D eigenvalue weighted by Crippen LogP contribution is 2.94. The van der Waals surface area contributed by atoms with Gasteiger partial charge in [0.05, 0.1) is 5.60 Å². The standard InChI is InChI=1S/C15H20O/c1-4-9-10-5-11-12-6-13(15(10,11)12)14(9,16)7-8(2)3/h4,10-13,16H,2,5-7H2,1,3H3/b9-4+/t10?,11-,12?,13-,14+,15?/m0/s1. The average molecular weight is 216 g/mol. The maximum Gasteiger partial charge on any atom is 0.0930 e. The summed E-state index contributed by atoms with van der Waals surface area (Å²) in [6, 6.07) is 0. The summed E-state index contributed by atoms with van der Waals surface area (Å²) in [5.74, 6) is 3.26. The lowest BCUT2D eigenvalue weighted by Gasteiger charge is -2.41. The Kier molecular flexibility index (Phi) is 1.38. The Morgan fingerprint density at radius 1 is 1.50 bits per heavy atom. The minimum absolute atomic E-state index is 0.521. The fraction of sp³-hybridized carbons (Fsp3) is 0.733. The first-order valence-corrected chi connectivity index (χ1v) is 6.60. The second kappa shape index (κ2) is 2.33. The molecule has 1 heteroatoms. The number of allylic oxidation sites excluding steroid dienone is 1. The summed E-state index contributed by atoms with van der Waals surface area (Å²) in [4.78, 5) is 0. The van der Waals surface area contributed by atoms with Gasteiger partial charge < -0.3 is 5.11 Å². The number of hydrogen-bond donors (Lipinski definition) is 1. The molecule has 4 aliphatic rings. The molecule has 1 N–H and O–H groups in total. The third-order valence-corrected chi connectivity index (χ3v) is 6.18. The van der Waals surface area contributed by atoms with Gasteiger partial charge in [-0.3, -0.25) is 0 Å². The van der Waals surface area contributed by atoms with Crippen molar-refractivity contribution >= 4 is 0 Å². The molecular formula is C15H20O. The summed E-state index contributed by atoms with van der Waals surface area (Å²) in [7, 11) is 0. The highest BCUT2D eigenvalue weighted by Gasteiger charge is 2.91. The van der Waals surface area contributed by atoms with Crippen molar-refractivity contribution in [3.63, 3.8) is 0 Å². The molecule has 4 saturated carbocycles. The summed E-state index contributed by atoms with van der Waals surface area (Å²) in [6.45, 7) is 8.15. The largest absolute Gasteiger partial charge is 0.385 e. The van der Waals surface area contributed by atoms with E-state index in [0.29, 0.717) is 11.3 Å². The van der Waals surface area contributed by atoms with E-state index in [-0.39, 0.29) is 0 Å². The van der Waals surface area contributed by atoms with Crippen molar-refractivity contribution in [3.05, 3.63) is 23.8 Å². The molecule has 1 nitrogen and oxygen atoms in total. The molecule has 4 rings (SSSR count). The first-order valence-electron chi connectivity index (χ1n) is 6.60. The van der Waals surface area contributed by atoms with Crippen LogP contribution in [0.3, 0.4) is 0 Å². The molecule has 0 aromatic carbocycles. The predicted molar refractivity (Wildman–Crippen MR) is 63.8 cm³/mol. The van der Waals surface area contributed by atoms with Crippen LogP contribution in [0, 0.1) is 29.1 Å². The summed E-state index contributed by atoms with van der Waals surface area (Å²) in [5, 5.41) is 11.1. The molecule has 0 amide bonds. The van der Waals surface area contributed by atoms with Crippen LogP contribution in [0.1, 0.15) is 33.1 Å². The van der Waals surface area contributed by atoms with Crippen molar-refractivity contribution in [1.82, 2.24) is 0 Å². The van der Waals surface area contributed by atoms with E-state index in [2.05, 4.69) is 19.6 Å². The third kappa shape index (κ3) is 0.653. The van der Waals surface area contributed by atoms with E-state index in [1.54, 1.807) is 0 Å². The Balaban J connectivity index is 1.79. The molecule has 0 aliphatic heterocycles. The van der Waals surface area contributed by atoms with E-state index in [9.17, 15) is 5.11 Å². The van der Waals surface area contributed by atoms with E-state index in [0.717, 1.165) is 29.7 Å². The Labute approximate surface area is 97.2 Å². The molecule has 16 heavy (non-hydrogen) atoms. The molecule has 0 radical (unpaired) electrons. The minimum Gasteiger partial charge on any atom is -0.385 e. The van der Waals surface area contributed by atoms with Crippen molar-refractivity contribution < 1.29 is 5.11 Å². The molecular weight excluding hydrogens is 196 g/mol. The van der Waals surface area contributed by atoms with Gasteiger partial charge in [-0.05, 0) is 61.3 Å². The van der Waals surface area contributed by atoms with E-state index >= 15 is 0 Å². The number of fused-ring (bicyclic) bond motifs is 1. The van der Waals surface area contributed by atoms with Crippen molar-refractivity contribution in [2.45, 2.75) is 38.7 Å². The van der Waals surface area contributed by atoms with Gasteiger partial charge in [-0.1, -0.05) is 11.6 Å². The van der Waals surface area contributed by atoms with Crippen LogP contribution in [0.15, 0.2) is 23.8 Å². The summed E-state index contributed by atoms with van der Waals surface area (Å²) in [6.07, 6.45) is 5.63. The normalized spacial score (nSPS) is 62.1. The van der Waals surface area contributed by atoms with Crippen LogP contribution in [-0.4, -0.2) is 10.7 Å². The molecule has 86 valence electrons. The van der Waals surface area contributed by atoms with Crippen LogP contribution in [0.2, 0.25) is 0 Å².